The van der Waals surface area contributed by atoms with E-state index in [2.05, 4.69) is 0 Å². The number of amides is 2. The van der Waals surface area contributed by atoms with Crippen molar-refractivity contribution in [1.29, 1.82) is 0 Å². The van der Waals surface area contributed by atoms with Crippen LogP contribution in [0.1, 0.15) is 18.4 Å². The van der Waals surface area contributed by atoms with E-state index in [1.54, 1.807) is 24.1 Å². The van der Waals surface area contributed by atoms with Crippen molar-refractivity contribution >= 4 is 11.8 Å². The SMILES string of the molecule is COc1ccc(CN(C)C(=O)CN2CCC[C@H](C(N)=O)C2)cc1F. The fourth-order valence-electron chi connectivity index (χ4n) is 2.91. The summed E-state index contributed by atoms with van der Waals surface area (Å²) in [6, 6.07) is 4.65. The molecule has 0 saturated carbocycles. The first-order valence-electron chi connectivity index (χ1n) is 7.98. The van der Waals surface area contributed by atoms with Crippen LogP contribution >= 0.6 is 0 Å². The van der Waals surface area contributed by atoms with Gasteiger partial charge in [0.2, 0.25) is 11.8 Å². The molecule has 1 aliphatic heterocycles. The van der Waals surface area contributed by atoms with Gasteiger partial charge in [-0.1, -0.05) is 6.07 Å². The van der Waals surface area contributed by atoms with Crippen LogP contribution in [0.2, 0.25) is 0 Å². The van der Waals surface area contributed by atoms with Crippen molar-refractivity contribution < 1.29 is 18.7 Å². The first-order valence-corrected chi connectivity index (χ1v) is 7.98. The predicted molar refractivity (Wildman–Crippen MR) is 87.8 cm³/mol. The summed E-state index contributed by atoms with van der Waals surface area (Å²) in [6.07, 6.45) is 1.63. The molecule has 6 nitrogen and oxygen atoms in total. The molecule has 1 aromatic rings. The van der Waals surface area contributed by atoms with Crippen molar-refractivity contribution in [3.8, 4) is 5.75 Å². The normalized spacial score (nSPS) is 18.2. The van der Waals surface area contributed by atoms with Crippen LogP contribution in [0.4, 0.5) is 4.39 Å². The molecule has 0 radical (unpaired) electrons. The lowest BCUT2D eigenvalue weighted by Crippen LogP contribution is -2.45. The lowest BCUT2D eigenvalue weighted by Gasteiger charge is -2.31. The molecule has 132 valence electrons. The maximum absolute atomic E-state index is 13.7. The molecule has 1 fully saturated rings. The Bertz CT molecular complexity index is 609. The predicted octanol–water partition coefficient (Wildman–Crippen LogP) is 0.990. The zero-order valence-corrected chi connectivity index (χ0v) is 14.1. The number of likely N-dealkylation sites (tertiary alicyclic amines) is 1. The highest BCUT2D eigenvalue weighted by molar-refractivity contribution is 5.79. The molecule has 2 N–H and O–H groups in total. The van der Waals surface area contributed by atoms with E-state index in [0.717, 1.165) is 19.4 Å². The van der Waals surface area contributed by atoms with Crippen LogP contribution in [-0.2, 0) is 16.1 Å². The van der Waals surface area contributed by atoms with Crippen LogP contribution in [0.25, 0.3) is 0 Å². The van der Waals surface area contributed by atoms with Crippen molar-refractivity contribution in [2.45, 2.75) is 19.4 Å². The molecule has 1 atom stereocenters. The van der Waals surface area contributed by atoms with Crippen LogP contribution in [0, 0.1) is 11.7 Å². The highest BCUT2D eigenvalue weighted by Gasteiger charge is 2.25. The number of carbonyl (C=O) groups is 2. The molecule has 2 rings (SSSR count). The first kappa shape index (κ1) is 18.2. The largest absolute Gasteiger partial charge is 0.494 e. The van der Waals surface area contributed by atoms with E-state index >= 15 is 0 Å². The molecular formula is C17H24FN3O3. The van der Waals surface area contributed by atoms with Crippen molar-refractivity contribution in [3.05, 3.63) is 29.6 Å². The number of nitrogens with two attached hydrogens (primary N) is 1. The number of hydrogen-bond acceptors (Lipinski definition) is 4. The minimum absolute atomic E-state index is 0.0728. The topological polar surface area (TPSA) is 75.9 Å². The van der Waals surface area contributed by atoms with Crippen LogP contribution in [-0.4, -0.2) is 55.4 Å². The van der Waals surface area contributed by atoms with Gasteiger partial charge in [0.15, 0.2) is 11.6 Å². The number of likely N-dealkylation sites (N-methyl/N-ethyl adjacent to an activating group) is 1. The maximum atomic E-state index is 13.7. The van der Waals surface area contributed by atoms with Crippen molar-refractivity contribution in [3.63, 3.8) is 0 Å². The number of nitrogens with zero attached hydrogens (tertiary/aromatic N) is 2. The molecule has 1 heterocycles. The summed E-state index contributed by atoms with van der Waals surface area (Å²) in [7, 11) is 3.09. The monoisotopic (exact) mass is 337 g/mol. The lowest BCUT2D eigenvalue weighted by molar-refractivity contribution is -0.133. The van der Waals surface area contributed by atoms with Gasteiger partial charge in [-0.25, -0.2) is 4.39 Å². The molecule has 0 unspecified atom stereocenters. The van der Waals surface area contributed by atoms with Crippen LogP contribution in [0.15, 0.2) is 18.2 Å². The first-order chi connectivity index (χ1) is 11.4. The minimum Gasteiger partial charge on any atom is -0.494 e. The molecule has 0 aliphatic carbocycles. The summed E-state index contributed by atoms with van der Waals surface area (Å²) in [5.74, 6) is -0.840. The Morgan fingerprint density at radius 1 is 1.46 bits per heavy atom. The summed E-state index contributed by atoms with van der Waals surface area (Å²) in [4.78, 5) is 27.2. The fraction of sp³-hybridized carbons (Fsp3) is 0.529. The third-order valence-corrected chi connectivity index (χ3v) is 4.33. The standard InChI is InChI=1S/C17H24FN3O3/c1-20(9-12-5-6-15(24-2)14(18)8-12)16(22)11-21-7-3-4-13(10-21)17(19)23/h5-6,8,13H,3-4,7,9-11H2,1-2H3,(H2,19,23)/t13-/m0/s1. The van der Waals surface area contributed by atoms with E-state index in [1.807, 2.05) is 4.90 Å². The second kappa shape index (κ2) is 8.10. The average Bonchev–Trinajstić information content (AvgIpc) is 2.55. The molecule has 1 saturated heterocycles. The highest BCUT2D eigenvalue weighted by atomic mass is 19.1. The molecule has 0 bridgehead atoms. The second-order valence-electron chi connectivity index (χ2n) is 6.20. The number of halogens is 1. The summed E-state index contributed by atoms with van der Waals surface area (Å²) >= 11 is 0. The third kappa shape index (κ3) is 4.67. The van der Waals surface area contributed by atoms with E-state index in [-0.39, 0.29) is 30.0 Å². The molecule has 0 spiro atoms. The quantitative estimate of drug-likeness (QED) is 0.840. The lowest BCUT2D eigenvalue weighted by atomic mass is 9.97. The number of piperidine rings is 1. The molecule has 1 aliphatic rings. The van der Waals surface area contributed by atoms with E-state index in [1.165, 1.54) is 13.2 Å². The zero-order chi connectivity index (χ0) is 17.7. The summed E-state index contributed by atoms with van der Waals surface area (Å²) in [5, 5.41) is 0. The Morgan fingerprint density at radius 2 is 2.21 bits per heavy atom. The van der Waals surface area contributed by atoms with Crippen LogP contribution < -0.4 is 10.5 Å². The van der Waals surface area contributed by atoms with E-state index in [0.29, 0.717) is 18.7 Å². The molecule has 24 heavy (non-hydrogen) atoms. The van der Waals surface area contributed by atoms with Gasteiger partial charge in [-0.05, 0) is 37.1 Å². The number of carbonyl (C=O) groups excluding carboxylic acids is 2. The number of hydrogen-bond donors (Lipinski definition) is 1. The Kier molecular flexibility index (Phi) is 6.14. The van der Waals surface area contributed by atoms with E-state index in [4.69, 9.17) is 10.5 Å². The number of primary amides is 1. The Hall–Kier alpha value is -2.15. The summed E-state index contributed by atoms with van der Waals surface area (Å²) in [6.45, 7) is 1.85. The summed E-state index contributed by atoms with van der Waals surface area (Å²) in [5.41, 5.74) is 6.05. The highest BCUT2D eigenvalue weighted by Crippen LogP contribution is 2.19. The molecular weight excluding hydrogens is 313 g/mol. The maximum Gasteiger partial charge on any atom is 0.236 e. The zero-order valence-electron chi connectivity index (χ0n) is 14.1. The van der Waals surface area contributed by atoms with Gasteiger partial charge >= 0.3 is 0 Å². The van der Waals surface area contributed by atoms with Gasteiger partial charge < -0.3 is 15.4 Å². The number of methoxy groups -OCH3 is 1. The van der Waals surface area contributed by atoms with E-state index in [9.17, 15) is 14.0 Å². The van der Waals surface area contributed by atoms with E-state index < -0.39 is 5.82 Å². The molecule has 7 heteroatoms. The molecule has 0 aromatic heterocycles. The van der Waals surface area contributed by atoms with Crippen molar-refractivity contribution in [1.82, 2.24) is 9.80 Å². The Balaban J connectivity index is 1.90. The van der Waals surface area contributed by atoms with Gasteiger partial charge in [0.1, 0.15) is 0 Å². The van der Waals surface area contributed by atoms with Gasteiger partial charge in [-0.2, -0.15) is 0 Å². The fourth-order valence-corrected chi connectivity index (χ4v) is 2.91. The number of benzene rings is 1. The van der Waals surface area contributed by atoms with Gasteiger partial charge in [0.05, 0.1) is 19.6 Å². The molecule has 2 amide bonds. The Morgan fingerprint density at radius 3 is 2.83 bits per heavy atom. The van der Waals surface area contributed by atoms with Gasteiger partial charge in [-0.15, -0.1) is 0 Å². The van der Waals surface area contributed by atoms with Crippen molar-refractivity contribution in [2.75, 3.05) is 33.8 Å². The average molecular weight is 337 g/mol. The van der Waals surface area contributed by atoms with Crippen LogP contribution in [0.3, 0.4) is 0 Å². The number of ether oxygens (including phenoxy) is 1. The summed E-state index contributed by atoms with van der Waals surface area (Å²) < 4.78 is 18.6. The van der Waals surface area contributed by atoms with Crippen LogP contribution in [0.5, 0.6) is 5.75 Å². The Labute approximate surface area is 141 Å². The molecule has 1 aromatic carbocycles. The van der Waals surface area contributed by atoms with Gasteiger partial charge in [0.25, 0.3) is 0 Å². The minimum atomic E-state index is -0.448. The second-order valence-corrected chi connectivity index (χ2v) is 6.20. The third-order valence-electron chi connectivity index (χ3n) is 4.33. The smallest absolute Gasteiger partial charge is 0.236 e. The van der Waals surface area contributed by atoms with Gasteiger partial charge in [-0.3, -0.25) is 14.5 Å². The van der Waals surface area contributed by atoms with Crippen molar-refractivity contribution in [2.24, 2.45) is 11.7 Å². The van der Waals surface area contributed by atoms with Gasteiger partial charge in [0, 0.05) is 20.1 Å². The number of rotatable bonds is 6.